The van der Waals surface area contributed by atoms with Crippen LogP contribution in [-0.2, 0) is 11.3 Å². The van der Waals surface area contributed by atoms with Crippen molar-refractivity contribution >= 4 is 16.8 Å². The van der Waals surface area contributed by atoms with Crippen molar-refractivity contribution < 1.29 is 22.7 Å². The van der Waals surface area contributed by atoms with Gasteiger partial charge in [0.2, 0.25) is 5.91 Å². The predicted molar refractivity (Wildman–Crippen MR) is 96.1 cm³/mol. The number of nitrogens with one attached hydrogen (secondary N) is 1. The Kier molecular flexibility index (Phi) is 5.18. The fourth-order valence-electron chi connectivity index (χ4n) is 2.86. The van der Waals surface area contributed by atoms with Crippen molar-refractivity contribution in [3.8, 4) is 22.9 Å². The molecule has 3 rings (SSSR count). The van der Waals surface area contributed by atoms with Crippen LogP contribution < -0.4 is 10.1 Å². The van der Waals surface area contributed by atoms with E-state index >= 15 is 0 Å². The number of aromatic nitrogens is 1. The zero-order valence-corrected chi connectivity index (χ0v) is 14.7. The first-order valence-electron chi connectivity index (χ1n) is 8.20. The lowest BCUT2D eigenvalue weighted by Crippen LogP contribution is -2.19. The lowest BCUT2D eigenvalue weighted by atomic mass is 9.94. The number of hydrogen-bond acceptors (Lipinski definition) is 4. The highest BCUT2D eigenvalue weighted by Gasteiger charge is 2.31. The molecule has 0 aliphatic rings. The van der Waals surface area contributed by atoms with Crippen molar-refractivity contribution in [1.29, 1.82) is 5.26 Å². The van der Waals surface area contributed by atoms with Crippen LogP contribution in [0.5, 0.6) is 5.75 Å². The van der Waals surface area contributed by atoms with Crippen LogP contribution in [0.2, 0.25) is 0 Å². The molecule has 0 fully saturated rings. The molecule has 0 unspecified atom stereocenters. The maximum absolute atomic E-state index is 12.4. The van der Waals surface area contributed by atoms with Gasteiger partial charge in [0.15, 0.2) is 0 Å². The lowest BCUT2D eigenvalue weighted by molar-refractivity contribution is -0.274. The molecule has 0 aliphatic carbocycles. The van der Waals surface area contributed by atoms with E-state index in [1.165, 1.54) is 31.2 Å². The summed E-state index contributed by atoms with van der Waals surface area (Å²) in [5.74, 6) is -0.578. The monoisotopic (exact) mass is 385 g/mol. The number of nitriles is 1. The molecule has 8 heteroatoms. The molecule has 0 saturated heterocycles. The molecule has 0 bridgehead atoms. The van der Waals surface area contributed by atoms with Crippen LogP contribution in [-0.4, -0.2) is 17.3 Å². The second-order valence-electron chi connectivity index (χ2n) is 5.95. The van der Waals surface area contributed by atoms with E-state index in [-0.39, 0.29) is 18.2 Å². The van der Waals surface area contributed by atoms with E-state index in [1.54, 1.807) is 24.4 Å². The molecule has 0 aliphatic heterocycles. The van der Waals surface area contributed by atoms with Crippen LogP contribution in [0.15, 0.2) is 48.7 Å². The molecule has 1 aromatic heterocycles. The molecular formula is C20H14F3N3O2. The normalized spacial score (nSPS) is 11.1. The standard InChI is InChI=1S/C20H14F3N3O2/c1-12(27)26-11-14-9-17(19-16(18(14)10-24)3-2-8-25-19)13-4-6-15(7-5-13)28-20(21,22)23/h2-9H,11H2,1H3,(H,26,27). The van der Waals surface area contributed by atoms with E-state index < -0.39 is 6.36 Å². The summed E-state index contributed by atoms with van der Waals surface area (Å²) in [4.78, 5) is 15.6. The van der Waals surface area contributed by atoms with Crippen LogP contribution in [0, 0.1) is 11.3 Å². The van der Waals surface area contributed by atoms with Crippen molar-refractivity contribution in [2.45, 2.75) is 19.8 Å². The largest absolute Gasteiger partial charge is 0.573 e. The van der Waals surface area contributed by atoms with Gasteiger partial charge < -0.3 is 10.1 Å². The van der Waals surface area contributed by atoms with E-state index in [0.29, 0.717) is 33.2 Å². The molecule has 2 aromatic carbocycles. The Labute approximate surface area is 158 Å². The molecule has 1 amide bonds. The molecule has 5 nitrogen and oxygen atoms in total. The first-order valence-corrected chi connectivity index (χ1v) is 8.20. The molecule has 0 radical (unpaired) electrons. The van der Waals surface area contributed by atoms with E-state index in [4.69, 9.17) is 0 Å². The molecule has 0 atom stereocenters. The van der Waals surface area contributed by atoms with Gasteiger partial charge in [-0.1, -0.05) is 12.1 Å². The smallest absolute Gasteiger partial charge is 0.406 e. The number of benzene rings is 2. The van der Waals surface area contributed by atoms with Crippen LogP contribution >= 0.6 is 0 Å². The fourth-order valence-corrected chi connectivity index (χ4v) is 2.86. The maximum atomic E-state index is 12.4. The zero-order valence-electron chi connectivity index (χ0n) is 14.7. The molecule has 28 heavy (non-hydrogen) atoms. The van der Waals surface area contributed by atoms with Crippen LogP contribution in [0.25, 0.3) is 22.0 Å². The average molecular weight is 385 g/mol. The van der Waals surface area contributed by atoms with Gasteiger partial charge in [0.05, 0.1) is 11.1 Å². The summed E-state index contributed by atoms with van der Waals surface area (Å²) in [5, 5.41) is 12.8. The maximum Gasteiger partial charge on any atom is 0.573 e. The Morgan fingerprint density at radius 3 is 2.57 bits per heavy atom. The number of nitrogens with zero attached hydrogens (tertiary/aromatic N) is 2. The number of carbonyl (C=O) groups is 1. The summed E-state index contributed by atoms with van der Waals surface area (Å²) in [6.07, 6.45) is -3.20. The van der Waals surface area contributed by atoms with E-state index in [9.17, 15) is 23.2 Å². The first-order chi connectivity index (χ1) is 13.3. The average Bonchev–Trinajstić information content (AvgIpc) is 2.64. The molecular weight excluding hydrogens is 371 g/mol. The Morgan fingerprint density at radius 2 is 1.96 bits per heavy atom. The molecule has 1 heterocycles. The Bertz CT molecular complexity index is 1070. The third kappa shape index (κ3) is 4.20. The number of carbonyl (C=O) groups excluding carboxylic acids is 1. The van der Waals surface area contributed by atoms with Gasteiger partial charge in [-0.15, -0.1) is 13.2 Å². The summed E-state index contributed by atoms with van der Waals surface area (Å²) >= 11 is 0. The number of hydrogen-bond donors (Lipinski definition) is 1. The van der Waals surface area contributed by atoms with Gasteiger partial charge in [-0.2, -0.15) is 5.26 Å². The molecule has 142 valence electrons. The van der Waals surface area contributed by atoms with Gasteiger partial charge in [0.25, 0.3) is 0 Å². The van der Waals surface area contributed by atoms with Crippen molar-refractivity contribution in [1.82, 2.24) is 10.3 Å². The number of alkyl halides is 3. The van der Waals surface area contributed by atoms with Gasteiger partial charge in [-0.05, 0) is 41.5 Å². The minimum Gasteiger partial charge on any atom is -0.406 e. The zero-order chi connectivity index (χ0) is 20.3. The van der Waals surface area contributed by atoms with Gasteiger partial charge in [0.1, 0.15) is 11.8 Å². The second-order valence-corrected chi connectivity index (χ2v) is 5.95. The summed E-state index contributed by atoms with van der Waals surface area (Å²) in [5.41, 5.74) is 2.75. The highest BCUT2D eigenvalue weighted by atomic mass is 19.4. The fraction of sp³-hybridized carbons (Fsp3) is 0.150. The highest BCUT2D eigenvalue weighted by Crippen LogP contribution is 2.33. The summed E-state index contributed by atoms with van der Waals surface area (Å²) in [7, 11) is 0. The highest BCUT2D eigenvalue weighted by molar-refractivity contribution is 5.98. The van der Waals surface area contributed by atoms with Crippen LogP contribution in [0.3, 0.4) is 0 Å². The summed E-state index contributed by atoms with van der Waals surface area (Å²) in [6, 6.07) is 12.7. The minimum absolute atomic E-state index is 0.144. The van der Waals surface area contributed by atoms with Crippen molar-refractivity contribution in [3.05, 3.63) is 59.8 Å². The van der Waals surface area contributed by atoms with E-state index in [1.807, 2.05) is 0 Å². The van der Waals surface area contributed by atoms with Crippen LogP contribution in [0.4, 0.5) is 13.2 Å². The van der Waals surface area contributed by atoms with Crippen molar-refractivity contribution in [2.24, 2.45) is 0 Å². The number of halogens is 3. The number of rotatable bonds is 4. The minimum atomic E-state index is -4.77. The van der Waals surface area contributed by atoms with Gasteiger partial charge >= 0.3 is 6.36 Å². The van der Waals surface area contributed by atoms with Crippen LogP contribution in [0.1, 0.15) is 18.1 Å². The lowest BCUT2D eigenvalue weighted by Gasteiger charge is -2.14. The number of fused-ring (bicyclic) bond motifs is 1. The number of ether oxygens (including phenoxy) is 1. The first kappa shape index (κ1) is 19.2. The number of pyridine rings is 1. The molecule has 3 aromatic rings. The number of amides is 1. The third-order valence-electron chi connectivity index (χ3n) is 4.01. The Hall–Kier alpha value is -3.60. The van der Waals surface area contributed by atoms with E-state index in [2.05, 4.69) is 21.1 Å². The molecule has 0 saturated carbocycles. The topological polar surface area (TPSA) is 75.0 Å². The molecule has 1 N–H and O–H groups in total. The van der Waals surface area contributed by atoms with Gasteiger partial charge in [0, 0.05) is 30.6 Å². The van der Waals surface area contributed by atoms with Gasteiger partial charge in [-0.3, -0.25) is 9.78 Å². The molecule has 0 spiro atoms. The van der Waals surface area contributed by atoms with Crippen molar-refractivity contribution in [2.75, 3.05) is 0 Å². The predicted octanol–water partition coefficient (Wildman–Crippen LogP) is 4.31. The van der Waals surface area contributed by atoms with Gasteiger partial charge in [-0.25, -0.2) is 0 Å². The summed E-state index contributed by atoms with van der Waals surface area (Å²) < 4.78 is 41.0. The van der Waals surface area contributed by atoms with E-state index in [0.717, 1.165) is 0 Å². The quantitative estimate of drug-likeness (QED) is 0.726. The third-order valence-corrected chi connectivity index (χ3v) is 4.01. The Balaban J connectivity index is 2.12. The summed E-state index contributed by atoms with van der Waals surface area (Å²) in [6.45, 7) is 1.51. The van der Waals surface area contributed by atoms with Crippen molar-refractivity contribution in [3.63, 3.8) is 0 Å². The Morgan fingerprint density at radius 1 is 1.25 bits per heavy atom. The SMILES string of the molecule is CC(=O)NCc1cc(-c2ccc(OC(F)(F)F)cc2)c2ncccc2c1C#N. The second kappa shape index (κ2) is 7.56.